The maximum atomic E-state index is 10.9. The Morgan fingerprint density at radius 1 is 1.17 bits per heavy atom. The number of carbonyl (C=O) groups is 2. The topological polar surface area (TPSA) is 87.5 Å². The molecule has 0 aliphatic heterocycles. The molecule has 0 aromatic heterocycles. The molecule has 0 rings (SSSR count). The number of hydrazine groups is 1. The monoisotopic (exact) mass is 174 g/mol. The van der Waals surface area contributed by atoms with Gasteiger partial charge < -0.3 is 10.6 Å². The SMILES string of the molecule is CCNC(=O)N(N)C(=O)NCC. The Balaban J connectivity index is 3.91. The van der Waals surface area contributed by atoms with Gasteiger partial charge in [0.25, 0.3) is 0 Å². The molecule has 0 unspecified atom stereocenters. The van der Waals surface area contributed by atoms with Crippen LogP contribution < -0.4 is 16.5 Å². The first-order valence-electron chi connectivity index (χ1n) is 3.73. The van der Waals surface area contributed by atoms with E-state index < -0.39 is 12.1 Å². The third-order valence-corrected chi connectivity index (χ3v) is 1.09. The second-order valence-corrected chi connectivity index (χ2v) is 2.04. The number of hydrogen-bond acceptors (Lipinski definition) is 3. The molecule has 0 saturated carbocycles. The molecule has 4 N–H and O–H groups in total. The van der Waals surface area contributed by atoms with E-state index in [1.165, 1.54) is 0 Å². The third-order valence-electron chi connectivity index (χ3n) is 1.09. The number of hydrogen-bond donors (Lipinski definition) is 3. The fourth-order valence-electron chi connectivity index (χ4n) is 0.565. The lowest BCUT2D eigenvalue weighted by Gasteiger charge is -2.14. The Morgan fingerprint density at radius 2 is 1.50 bits per heavy atom. The van der Waals surface area contributed by atoms with Crippen LogP contribution in [0, 0.1) is 0 Å². The summed E-state index contributed by atoms with van der Waals surface area (Å²) in [4.78, 5) is 21.8. The molecule has 0 radical (unpaired) electrons. The summed E-state index contributed by atoms with van der Waals surface area (Å²) in [5.74, 6) is 5.14. The van der Waals surface area contributed by atoms with Gasteiger partial charge in [0.2, 0.25) is 0 Å². The van der Waals surface area contributed by atoms with Crippen LogP contribution in [0.5, 0.6) is 0 Å². The highest BCUT2D eigenvalue weighted by Gasteiger charge is 2.14. The van der Waals surface area contributed by atoms with E-state index in [1.54, 1.807) is 13.8 Å². The molecule has 0 aromatic carbocycles. The van der Waals surface area contributed by atoms with Gasteiger partial charge in [0.15, 0.2) is 0 Å². The highest BCUT2D eigenvalue weighted by molar-refractivity contribution is 5.92. The predicted octanol–water partition coefficient (Wildman–Crippen LogP) is -0.379. The Morgan fingerprint density at radius 3 is 1.75 bits per heavy atom. The molecule has 0 aliphatic rings. The van der Waals surface area contributed by atoms with Crippen molar-refractivity contribution in [2.24, 2.45) is 5.84 Å². The van der Waals surface area contributed by atoms with Gasteiger partial charge in [-0.05, 0) is 13.8 Å². The smallest absolute Gasteiger partial charge is 0.337 e. The van der Waals surface area contributed by atoms with Crippen molar-refractivity contribution < 1.29 is 9.59 Å². The second-order valence-electron chi connectivity index (χ2n) is 2.04. The number of carbonyl (C=O) groups excluding carboxylic acids is 2. The number of rotatable bonds is 2. The molecule has 0 aromatic rings. The first-order valence-corrected chi connectivity index (χ1v) is 3.73. The normalized spacial score (nSPS) is 8.92. The standard InChI is InChI=1S/C6H14N4O2/c1-3-8-5(11)10(7)6(12)9-4-2/h3-4,7H2,1-2H3,(H,8,11)(H,9,12). The van der Waals surface area contributed by atoms with Gasteiger partial charge in [-0.15, -0.1) is 0 Å². The van der Waals surface area contributed by atoms with Gasteiger partial charge in [-0.3, -0.25) is 0 Å². The van der Waals surface area contributed by atoms with Crippen molar-refractivity contribution in [2.45, 2.75) is 13.8 Å². The van der Waals surface area contributed by atoms with E-state index in [4.69, 9.17) is 5.84 Å². The molecule has 0 saturated heterocycles. The molecule has 0 atom stereocenters. The lowest BCUT2D eigenvalue weighted by Crippen LogP contribution is -2.52. The van der Waals surface area contributed by atoms with Crippen LogP contribution in [0.1, 0.15) is 13.8 Å². The molecule has 6 heteroatoms. The van der Waals surface area contributed by atoms with Crippen LogP contribution in [0.15, 0.2) is 0 Å². The predicted molar refractivity (Wildman–Crippen MR) is 44.2 cm³/mol. The average Bonchev–Trinajstić information content (AvgIpc) is 2.04. The van der Waals surface area contributed by atoms with Crippen LogP contribution >= 0.6 is 0 Å². The molecule has 0 spiro atoms. The molecule has 0 heterocycles. The largest absolute Gasteiger partial charge is 0.340 e. The molecule has 6 nitrogen and oxygen atoms in total. The number of imide groups is 1. The van der Waals surface area contributed by atoms with E-state index in [2.05, 4.69) is 10.6 Å². The summed E-state index contributed by atoms with van der Waals surface area (Å²) >= 11 is 0. The minimum Gasteiger partial charge on any atom is -0.337 e. The average molecular weight is 174 g/mol. The van der Waals surface area contributed by atoms with Crippen molar-refractivity contribution in [1.29, 1.82) is 0 Å². The van der Waals surface area contributed by atoms with Crippen molar-refractivity contribution in [3.63, 3.8) is 0 Å². The minimum atomic E-state index is -0.608. The van der Waals surface area contributed by atoms with E-state index in [0.717, 1.165) is 0 Å². The van der Waals surface area contributed by atoms with E-state index in [9.17, 15) is 9.59 Å². The molecule has 0 fully saturated rings. The zero-order chi connectivity index (χ0) is 9.56. The van der Waals surface area contributed by atoms with Gasteiger partial charge in [0.1, 0.15) is 0 Å². The maximum absolute atomic E-state index is 10.9. The zero-order valence-electron chi connectivity index (χ0n) is 7.26. The van der Waals surface area contributed by atoms with Crippen LogP contribution in [-0.2, 0) is 0 Å². The van der Waals surface area contributed by atoms with Crippen molar-refractivity contribution in [1.82, 2.24) is 15.6 Å². The molecular weight excluding hydrogens is 160 g/mol. The third kappa shape index (κ3) is 3.20. The van der Waals surface area contributed by atoms with Crippen LogP contribution in [0.4, 0.5) is 9.59 Å². The highest BCUT2D eigenvalue weighted by Crippen LogP contribution is 1.80. The van der Waals surface area contributed by atoms with Crippen LogP contribution in [-0.4, -0.2) is 30.2 Å². The van der Waals surface area contributed by atoms with Gasteiger partial charge in [-0.2, -0.15) is 5.01 Å². The molecule has 12 heavy (non-hydrogen) atoms. The van der Waals surface area contributed by atoms with Crippen molar-refractivity contribution in [3.8, 4) is 0 Å². The van der Waals surface area contributed by atoms with E-state index in [1.807, 2.05) is 0 Å². The molecule has 70 valence electrons. The summed E-state index contributed by atoms with van der Waals surface area (Å²) in [6, 6.07) is -1.22. The summed E-state index contributed by atoms with van der Waals surface area (Å²) < 4.78 is 0. The fraction of sp³-hybridized carbons (Fsp3) is 0.667. The van der Waals surface area contributed by atoms with Crippen LogP contribution in [0.3, 0.4) is 0 Å². The number of nitrogens with two attached hydrogens (primary N) is 1. The van der Waals surface area contributed by atoms with E-state index in [-0.39, 0.29) is 0 Å². The molecule has 4 amide bonds. The Bertz CT molecular complexity index is 153. The number of nitrogens with zero attached hydrogens (tertiary/aromatic N) is 1. The fourth-order valence-corrected chi connectivity index (χ4v) is 0.565. The van der Waals surface area contributed by atoms with Crippen molar-refractivity contribution >= 4 is 12.1 Å². The summed E-state index contributed by atoms with van der Waals surface area (Å²) in [5, 5.41) is 5.28. The van der Waals surface area contributed by atoms with Crippen LogP contribution in [0.25, 0.3) is 0 Å². The summed E-state index contributed by atoms with van der Waals surface area (Å²) in [7, 11) is 0. The summed E-state index contributed by atoms with van der Waals surface area (Å²) in [5.41, 5.74) is 0. The molecule has 0 bridgehead atoms. The van der Waals surface area contributed by atoms with E-state index in [0.29, 0.717) is 18.1 Å². The Labute approximate surface area is 71.1 Å². The first kappa shape index (κ1) is 10.7. The van der Waals surface area contributed by atoms with Crippen molar-refractivity contribution in [3.05, 3.63) is 0 Å². The Hall–Kier alpha value is -1.30. The second kappa shape index (κ2) is 5.36. The van der Waals surface area contributed by atoms with Crippen molar-refractivity contribution in [2.75, 3.05) is 13.1 Å². The quantitative estimate of drug-likeness (QED) is 0.303. The first-order chi connectivity index (χ1) is 5.63. The Kier molecular flexibility index (Phi) is 4.78. The molecular formula is C6H14N4O2. The maximum Gasteiger partial charge on any atom is 0.340 e. The minimum absolute atomic E-state index is 0.436. The van der Waals surface area contributed by atoms with Crippen LogP contribution in [0.2, 0.25) is 0 Å². The van der Waals surface area contributed by atoms with Gasteiger partial charge >= 0.3 is 12.1 Å². The lowest BCUT2D eigenvalue weighted by molar-refractivity contribution is 0.187. The number of amides is 4. The summed E-state index contributed by atoms with van der Waals surface area (Å²) in [6.07, 6.45) is 0. The van der Waals surface area contributed by atoms with Gasteiger partial charge in [0.05, 0.1) is 0 Å². The zero-order valence-corrected chi connectivity index (χ0v) is 7.26. The van der Waals surface area contributed by atoms with Gasteiger partial charge in [-0.25, -0.2) is 15.4 Å². The number of urea groups is 2. The lowest BCUT2D eigenvalue weighted by atomic mass is 10.7. The van der Waals surface area contributed by atoms with Gasteiger partial charge in [-0.1, -0.05) is 0 Å². The molecule has 0 aliphatic carbocycles. The summed E-state index contributed by atoms with van der Waals surface area (Å²) in [6.45, 7) is 4.35. The highest BCUT2D eigenvalue weighted by atomic mass is 16.2. The van der Waals surface area contributed by atoms with Gasteiger partial charge in [0, 0.05) is 13.1 Å². The van der Waals surface area contributed by atoms with E-state index >= 15 is 0 Å². The number of nitrogens with one attached hydrogen (secondary N) is 2.